The molecule has 1 aromatic heterocycles. The maximum absolute atomic E-state index is 5.70. The first-order chi connectivity index (χ1) is 9.10. The molecule has 0 bridgehead atoms. The van der Waals surface area contributed by atoms with E-state index in [1.807, 2.05) is 38.1 Å². The van der Waals surface area contributed by atoms with Crippen molar-refractivity contribution >= 4 is 39.2 Å². The van der Waals surface area contributed by atoms with E-state index >= 15 is 0 Å². The molecule has 0 radical (unpaired) electrons. The smallest absolute Gasteiger partial charge is 0.223 e. The number of hydrogen-bond acceptors (Lipinski definition) is 5. The zero-order valence-corrected chi connectivity index (χ0v) is 12.5. The van der Waals surface area contributed by atoms with Gasteiger partial charge in [0.15, 0.2) is 0 Å². The molecule has 2 rings (SSSR count). The van der Waals surface area contributed by atoms with Crippen LogP contribution in [0.15, 0.2) is 28.7 Å². The van der Waals surface area contributed by atoms with Crippen molar-refractivity contribution in [2.45, 2.75) is 13.8 Å². The predicted octanol–water partition coefficient (Wildman–Crippen LogP) is 3.31. The van der Waals surface area contributed by atoms with E-state index in [4.69, 9.17) is 5.73 Å². The first kappa shape index (κ1) is 13.6. The summed E-state index contributed by atoms with van der Waals surface area (Å²) in [5.41, 5.74) is 7.79. The zero-order chi connectivity index (χ0) is 13.8. The fourth-order valence-electron chi connectivity index (χ4n) is 1.68. The molecule has 2 aromatic rings. The topological polar surface area (TPSA) is 75.9 Å². The van der Waals surface area contributed by atoms with Gasteiger partial charge >= 0.3 is 0 Å². The molecule has 0 atom stereocenters. The third-order valence-corrected chi connectivity index (χ3v) is 3.61. The number of nitrogen functional groups attached to an aromatic ring is 1. The monoisotopic (exact) mass is 321 g/mol. The Morgan fingerprint density at radius 1 is 1.26 bits per heavy atom. The van der Waals surface area contributed by atoms with Crippen LogP contribution in [-0.4, -0.2) is 16.5 Å². The molecule has 100 valence electrons. The van der Waals surface area contributed by atoms with Crippen LogP contribution in [0.5, 0.6) is 0 Å². The highest BCUT2D eigenvalue weighted by Gasteiger charge is 2.06. The van der Waals surface area contributed by atoms with Gasteiger partial charge in [-0.3, -0.25) is 0 Å². The van der Waals surface area contributed by atoms with E-state index in [2.05, 4.69) is 36.5 Å². The van der Waals surface area contributed by atoms with Crippen LogP contribution < -0.4 is 16.4 Å². The molecule has 0 saturated carbocycles. The SMILES string of the molecule is CCNc1cc(Nc2cccc(C)c2Br)nc(N)n1. The summed E-state index contributed by atoms with van der Waals surface area (Å²) in [4.78, 5) is 8.29. The largest absolute Gasteiger partial charge is 0.370 e. The maximum atomic E-state index is 5.70. The van der Waals surface area contributed by atoms with E-state index in [9.17, 15) is 0 Å². The number of hydrogen-bond donors (Lipinski definition) is 3. The molecule has 0 fully saturated rings. The third-order valence-electron chi connectivity index (χ3n) is 2.56. The number of nitrogens with one attached hydrogen (secondary N) is 2. The van der Waals surface area contributed by atoms with Crippen LogP contribution >= 0.6 is 15.9 Å². The molecule has 4 N–H and O–H groups in total. The number of nitrogens with zero attached hydrogens (tertiary/aromatic N) is 2. The Balaban J connectivity index is 2.30. The molecule has 1 heterocycles. The minimum absolute atomic E-state index is 0.240. The lowest BCUT2D eigenvalue weighted by molar-refractivity contribution is 1.12. The minimum Gasteiger partial charge on any atom is -0.370 e. The van der Waals surface area contributed by atoms with Crippen molar-refractivity contribution in [1.82, 2.24) is 9.97 Å². The Bertz CT molecular complexity index is 585. The van der Waals surface area contributed by atoms with Gasteiger partial charge in [-0.05, 0) is 41.4 Å². The number of anilines is 4. The normalized spacial score (nSPS) is 10.3. The number of rotatable bonds is 4. The summed E-state index contributed by atoms with van der Waals surface area (Å²) in [5.74, 6) is 1.61. The standard InChI is InChI=1S/C13H16BrN5/c1-3-16-10-7-11(19-13(15)18-10)17-9-6-4-5-8(2)12(9)14/h4-7H,3H2,1-2H3,(H4,15,16,17,18,19). The van der Waals surface area contributed by atoms with Crippen molar-refractivity contribution in [3.05, 3.63) is 34.3 Å². The average molecular weight is 322 g/mol. The van der Waals surface area contributed by atoms with Gasteiger partial charge in [0, 0.05) is 17.1 Å². The highest BCUT2D eigenvalue weighted by atomic mass is 79.9. The molecule has 0 aliphatic rings. The Morgan fingerprint density at radius 2 is 2.00 bits per heavy atom. The molecule has 1 aromatic carbocycles. The molecule has 0 unspecified atom stereocenters. The first-order valence-electron chi connectivity index (χ1n) is 6.00. The van der Waals surface area contributed by atoms with Gasteiger partial charge in [-0.25, -0.2) is 0 Å². The molecular formula is C13H16BrN5. The van der Waals surface area contributed by atoms with Crippen LogP contribution in [0.25, 0.3) is 0 Å². The van der Waals surface area contributed by atoms with Crippen molar-refractivity contribution in [3.63, 3.8) is 0 Å². The van der Waals surface area contributed by atoms with Crippen LogP contribution in [0.2, 0.25) is 0 Å². The van der Waals surface area contributed by atoms with Gasteiger partial charge in [0.2, 0.25) is 5.95 Å². The van der Waals surface area contributed by atoms with E-state index in [1.165, 1.54) is 0 Å². The molecule has 0 aliphatic carbocycles. The fraction of sp³-hybridized carbons (Fsp3) is 0.231. The Kier molecular flexibility index (Phi) is 4.21. The van der Waals surface area contributed by atoms with Gasteiger partial charge in [0.25, 0.3) is 0 Å². The molecule has 0 saturated heterocycles. The molecule has 19 heavy (non-hydrogen) atoms. The Hall–Kier alpha value is -1.82. The number of nitrogens with two attached hydrogens (primary N) is 1. The van der Waals surface area contributed by atoms with Gasteiger partial charge < -0.3 is 16.4 Å². The summed E-state index contributed by atoms with van der Waals surface area (Å²) in [5, 5.41) is 6.35. The van der Waals surface area contributed by atoms with Crippen LogP contribution in [0.4, 0.5) is 23.3 Å². The van der Waals surface area contributed by atoms with Gasteiger partial charge in [-0.2, -0.15) is 9.97 Å². The van der Waals surface area contributed by atoms with Gasteiger partial charge in [0.05, 0.1) is 5.69 Å². The van der Waals surface area contributed by atoms with Crippen LogP contribution in [0.3, 0.4) is 0 Å². The van der Waals surface area contributed by atoms with Crippen molar-refractivity contribution in [1.29, 1.82) is 0 Å². The number of benzene rings is 1. The van der Waals surface area contributed by atoms with Gasteiger partial charge in [-0.1, -0.05) is 12.1 Å². The molecule has 0 aliphatic heterocycles. The lowest BCUT2D eigenvalue weighted by atomic mass is 10.2. The van der Waals surface area contributed by atoms with Gasteiger partial charge in [-0.15, -0.1) is 0 Å². The van der Waals surface area contributed by atoms with Gasteiger partial charge in [0.1, 0.15) is 11.6 Å². The van der Waals surface area contributed by atoms with Crippen LogP contribution in [0.1, 0.15) is 12.5 Å². The Labute approximate surface area is 120 Å². The van der Waals surface area contributed by atoms with Crippen molar-refractivity contribution in [2.24, 2.45) is 0 Å². The van der Waals surface area contributed by atoms with Crippen LogP contribution in [0, 0.1) is 6.92 Å². The molecule has 5 nitrogen and oxygen atoms in total. The highest BCUT2D eigenvalue weighted by Crippen LogP contribution is 2.28. The van der Waals surface area contributed by atoms with E-state index < -0.39 is 0 Å². The predicted molar refractivity (Wildman–Crippen MR) is 82.8 cm³/mol. The number of aromatic nitrogens is 2. The molecule has 0 amide bonds. The maximum Gasteiger partial charge on any atom is 0.223 e. The van der Waals surface area contributed by atoms with E-state index in [-0.39, 0.29) is 5.95 Å². The average Bonchev–Trinajstić information content (AvgIpc) is 2.35. The summed E-state index contributed by atoms with van der Waals surface area (Å²) < 4.78 is 1.01. The summed E-state index contributed by atoms with van der Waals surface area (Å²) in [6.45, 7) is 4.82. The first-order valence-corrected chi connectivity index (χ1v) is 6.80. The van der Waals surface area contributed by atoms with E-state index in [0.29, 0.717) is 11.6 Å². The second kappa shape index (κ2) is 5.88. The summed E-state index contributed by atoms with van der Waals surface area (Å²) in [7, 11) is 0. The lowest BCUT2D eigenvalue weighted by Crippen LogP contribution is -2.05. The summed E-state index contributed by atoms with van der Waals surface area (Å²) >= 11 is 3.55. The second-order valence-electron chi connectivity index (χ2n) is 4.09. The highest BCUT2D eigenvalue weighted by molar-refractivity contribution is 9.10. The third kappa shape index (κ3) is 3.35. The van der Waals surface area contributed by atoms with Crippen molar-refractivity contribution < 1.29 is 0 Å². The second-order valence-corrected chi connectivity index (χ2v) is 4.88. The van der Waals surface area contributed by atoms with Crippen molar-refractivity contribution in [2.75, 3.05) is 22.9 Å². The molecule has 0 spiro atoms. The molecular weight excluding hydrogens is 306 g/mol. The lowest BCUT2D eigenvalue weighted by Gasteiger charge is -2.11. The quantitative estimate of drug-likeness (QED) is 0.805. The fourth-order valence-corrected chi connectivity index (χ4v) is 2.05. The van der Waals surface area contributed by atoms with E-state index in [0.717, 1.165) is 22.3 Å². The zero-order valence-electron chi connectivity index (χ0n) is 10.9. The number of halogens is 1. The summed E-state index contributed by atoms with van der Waals surface area (Å²) in [6, 6.07) is 7.82. The Morgan fingerprint density at radius 3 is 2.74 bits per heavy atom. The number of aryl methyl sites for hydroxylation is 1. The van der Waals surface area contributed by atoms with Crippen LogP contribution in [-0.2, 0) is 0 Å². The summed E-state index contributed by atoms with van der Waals surface area (Å²) in [6.07, 6.45) is 0. The molecule has 6 heteroatoms. The minimum atomic E-state index is 0.240. The van der Waals surface area contributed by atoms with Crippen molar-refractivity contribution in [3.8, 4) is 0 Å². The van der Waals surface area contributed by atoms with E-state index in [1.54, 1.807) is 0 Å².